The molecule has 10 nitrogen and oxygen atoms in total. The molecule has 0 spiro atoms. The number of carbonyl (C=O) groups excluding carboxylic acids is 4. The lowest BCUT2D eigenvalue weighted by Gasteiger charge is -2.11. The van der Waals surface area contributed by atoms with Crippen LogP contribution in [-0.2, 0) is 19.2 Å². The molecule has 0 aromatic heterocycles. The third kappa shape index (κ3) is 20.0. The van der Waals surface area contributed by atoms with Crippen molar-refractivity contribution in [3.05, 3.63) is 13.2 Å². The maximum atomic E-state index is 9.86. The van der Waals surface area contributed by atoms with Gasteiger partial charge in [0.15, 0.2) is 0 Å². The first kappa shape index (κ1) is 23.6. The first-order valence-electron chi connectivity index (χ1n) is 5.40. The smallest absolute Gasteiger partial charge is 0.0586 e. The summed E-state index contributed by atoms with van der Waals surface area (Å²) >= 11 is 0. The summed E-state index contributed by atoms with van der Waals surface area (Å²) in [4.78, 5) is 38.9. The standard InChI is InChI=1S/C5H9NO4.C4H7NO4.C2H4/c6-3(5(9)10)1-2-4(7)8;5-2(4(8)9)1-3(6)7;1-2/h3H,1-2,6H2,(H,7,8)(H,9,10);2H,1,5H2,(H,6,7)(H,8,9);1-2H2/p-4. The molecule has 0 radical (unpaired) electrons. The second kappa shape index (κ2) is 14.0. The minimum Gasteiger partial charge on any atom is -0.550 e. The number of hydrogen-bond acceptors (Lipinski definition) is 10. The zero-order chi connectivity index (χ0) is 17.6. The van der Waals surface area contributed by atoms with Crippen LogP contribution in [-0.4, -0.2) is 36.0 Å². The molecule has 0 saturated carbocycles. The van der Waals surface area contributed by atoms with Gasteiger partial charge in [0.05, 0.1) is 11.9 Å². The summed E-state index contributed by atoms with van der Waals surface area (Å²) in [5.41, 5.74) is 9.65. The molecule has 2 unspecified atom stereocenters. The molecule has 2 atom stereocenters. The van der Waals surface area contributed by atoms with Crippen molar-refractivity contribution >= 4 is 23.9 Å². The average molecular weight is 304 g/mol. The van der Waals surface area contributed by atoms with Gasteiger partial charge in [-0.2, -0.15) is 0 Å². The lowest BCUT2D eigenvalue weighted by atomic mass is 10.2. The van der Waals surface area contributed by atoms with Gasteiger partial charge in [0.2, 0.25) is 0 Å². The van der Waals surface area contributed by atoms with Crippen LogP contribution in [0.15, 0.2) is 13.2 Å². The fraction of sp³-hybridized carbons (Fsp3) is 0.455. The molecule has 0 fully saturated rings. The number of carboxylic acid groups (broad SMARTS) is 4. The van der Waals surface area contributed by atoms with E-state index in [0.29, 0.717) is 0 Å². The van der Waals surface area contributed by atoms with Crippen molar-refractivity contribution in [3.63, 3.8) is 0 Å². The number of nitrogens with two attached hydrogens (primary N) is 2. The van der Waals surface area contributed by atoms with Crippen molar-refractivity contribution in [2.45, 2.75) is 31.3 Å². The van der Waals surface area contributed by atoms with Gasteiger partial charge in [0, 0.05) is 30.4 Å². The van der Waals surface area contributed by atoms with Crippen LogP contribution in [0.1, 0.15) is 19.3 Å². The minimum absolute atomic E-state index is 0.148. The van der Waals surface area contributed by atoms with Gasteiger partial charge in [-0.25, -0.2) is 0 Å². The Morgan fingerprint density at radius 3 is 1.38 bits per heavy atom. The molecular weight excluding hydrogens is 288 g/mol. The topological polar surface area (TPSA) is 213 Å². The van der Waals surface area contributed by atoms with E-state index in [9.17, 15) is 39.6 Å². The molecule has 4 N–H and O–H groups in total. The lowest BCUT2D eigenvalue weighted by molar-refractivity contribution is -0.316. The van der Waals surface area contributed by atoms with E-state index in [0.717, 1.165) is 0 Å². The molecule has 10 heteroatoms. The Balaban J connectivity index is -0.000000277. The quantitative estimate of drug-likeness (QED) is 0.424. The van der Waals surface area contributed by atoms with Gasteiger partial charge in [-0.3, -0.25) is 0 Å². The van der Waals surface area contributed by atoms with Gasteiger partial charge in [0.1, 0.15) is 0 Å². The van der Waals surface area contributed by atoms with Crippen LogP contribution in [0.3, 0.4) is 0 Å². The van der Waals surface area contributed by atoms with E-state index in [1.54, 1.807) is 0 Å². The third-order valence-corrected chi connectivity index (χ3v) is 1.65. The molecular formula is C11H16N2O8-4. The minimum atomic E-state index is -1.58. The Morgan fingerprint density at radius 2 is 1.19 bits per heavy atom. The van der Waals surface area contributed by atoms with Crippen LogP contribution in [0.4, 0.5) is 0 Å². The van der Waals surface area contributed by atoms with E-state index in [1.165, 1.54) is 0 Å². The van der Waals surface area contributed by atoms with Gasteiger partial charge in [0.25, 0.3) is 0 Å². The van der Waals surface area contributed by atoms with Crippen molar-refractivity contribution in [1.29, 1.82) is 0 Å². The van der Waals surface area contributed by atoms with E-state index in [2.05, 4.69) is 13.2 Å². The van der Waals surface area contributed by atoms with Crippen molar-refractivity contribution in [2.24, 2.45) is 11.5 Å². The van der Waals surface area contributed by atoms with E-state index in [1.807, 2.05) is 0 Å². The van der Waals surface area contributed by atoms with Crippen molar-refractivity contribution in [1.82, 2.24) is 0 Å². The highest BCUT2D eigenvalue weighted by Crippen LogP contribution is 1.90. The van der Waals surface area contributed by atoms with Crippen LogP contribution in [0.2, 0.25) is 0 Å². The number of aliphatic carboxylic acids is 4. The van der Waals surface area contributed by atoms with Crippen LogP contribution in [0, 0.1) is 0 Å². The summed E-state index contributed by atoms with van der Waals surface area (Å²) in [5.74, 6) is -5.83. The van der Waals surface area contributed by atoms with Gasteiger partial charge >= 0.3 is 0 Å². The zero-order valence-electron chi connectivity index (χ0n) is 11.1. The molecule has 21 heavy (non-hydrogen) atoms. The van der Waals surface area contributed by atoms with Gasteiger partial charge in [-0.1, -0.05) is 0 Å². The lowest BCUT2D eigenvalue weighted by Crippen LogP contribution is -2.45. The van der Waals surface area contributed by atoms with Crippen LogP contribution < -0.4 is 31.9 Å². The molecule has 0 aromatic carbocycles. The van der Waals surface area contributed by atoms with Crippen molar-refractivity contribution in [3.8, 4) is 0 Å². The summed E-state index contributed by atoms with van der Waals surface area (Å²) < 4.78 is 0. The molecule has 0 aliphatic carbocycles. The highest BCUT2D eigenvalue weighted by Gasteiger charge is 2.02. The average Bonchev–Trinajstić information content (AvgIpc) is 2.37. The maximum Gasteiger partial charge on any atom is 0.0586 e. The summed E-state index contributed by atoms with van der Waals surface area (Å²) in [5, 5.41) is 38.9. The van der Waals surface area contributed by atoms with E-state index < -0.39 is 42.4 Å². The van der Waals surface area contributed by atoms with Crippen LogP contribution in [0.5, 0.6) is 0 Å². The van der Waals surface area contributed by atoms with E-state index >= 15 is 0 Å². The number of carboxylic acids is 4. The summed E-state index contributed by atoms with van der Waals surface area (Å²) in [6, 6.07) is -2.67. The Labute approximate surface area is 120 Å². The first-order valence-corrected chi connectivity index (χ1v) is 5.40. The second-order valence-electron chi connectivity index (χ2n) is 3.34. The zero-order valence-corrected chi connectivity index (χ0v) is 11.1. The predicted molar refractivity (Wildman–Crippen MR) is 61.1 cm³/mol. The monoisotopic (exact) mass is 304 g/mol. The largest absolute Gasteiger partial charge is 0.550 e. The Hall–Kier alpha value is -2.46. The number of hydrogen-bond donors (Lipinski definition) is 2. The van der Waals surface area contributed by atoms with E-state index in [4.69, 9.17) is 11.5 Å². The number of carbonyl (C=O) groups is 4. The van der Waals surface area contributed by atoms with Gasteiger partial charge < -0.3 is 51.1 Å². The van der Waals surface area contributed by atoms with Gasteiger partial charge in [-0.05, 0) is 12.8 Å². The molecule has 0 aromatic rings. The molecule has 0 saturated heterocycles. The summed E-state index contributed by atoms with van der Waals surface area (Å²) in [6.45, 7) is 6.00. The number of rotatable bonds is 7. The fourth-order valence-electron chi connectivity index (χ4n) is 0.654. The Kier molecular flexibility index (Phi) is 15.7. The highest BCUT2D eigenvalue weighted by molar-refractivity contribution is 5.78. The second-order valence-corrected chi connectivity index (χ2v) is 3.34. The third-order valence-electron chi connectivity index (χ3n) is 1.65. The van der Waals surface area contributed by atoms with Crippen LogP contribution in [0.25, 0.3) is 0 Å². The predicted octanol–water partition coefficient (Wildman–Crippen LogP) is -6.40. The first-order chi connectivity index (χ1) is 9.57. The van der Waals surface area contributed by atoms with Crippen molar-refractivity contribution < 1.29 is 39.6 Å². The van der Waals surface area contributed by atoms with Crippen LogP contribution >= 0.6 is 0 Å². The van der Waals surface area contributed by atoms with E-state index in [-0.39, 0.29) is 12.8 Å². The molecule has 122 valence electrons. The normalized spacial score (nSPS) is 11.5. The molecule has 0 bridgehead atoms. The Bertz CT molecular complexity index is 358. The molecule has 0 rings (SSSR count). The Morgan fingerprint density at radius 1 is 0.810 bits per heavy atom. The summed E-state index contributed by atoms with van der Waals surface area (Å²) in [7, 11) is 0. The van der Waals surface area contributed by atoms with Gasteiger partial charge in [-0.15, -0.1) is 13.2 Å². The summed E-state index contributed by atoms with van der Waals surface area (Å²) in [6.07, 6.45) is -1.21. The SMILES string of the molecule is C=C.NC(CC(=O)[O-])C(=O)[O-].NC(CCC(=O)[O-])C(=O)[O-]. The highest BCUT2D eigenvalue weighted by atomic mass is 16.4. The maximum absolute atomic E-state index is 9.86. The molecule has 0 heterocycles. The molecule has 0 amide bonds. The molecule has 0 aliphatic rings. The van der Waals surface area contributed by atoms with Crippen molar-refractivity contribution in [2.75, 3.05) is 0 Å². The molecule has 0 aliphatic heterocycles. The fourth-order valence-corrected chi connectivity index (χ4v) is 0.654.